The van der Waals surface area contributed by atoms with Gasteiger partial charge >= 0.3 is 0 Å². The topological polar surface area (TPSA) is 55.6 Å². The molecular formula is C15H23ClN2O2. The third-order valence-electron chi connectivity index (χ3n) is 3.47. The van der Waals surface area contributed by atoms with Gasteiger partial charge < -0.3 is 10.5 Å². The summed E-state index contributed by atoms with van der Waals surface area (Å²) in [6, 6.07) is 5.93. The number of carbonyl (C=O) groups is 1. The Balaban J connectivity index is 0.00000200. The predicted octanol–water partition coefficient (Wildman–Crippen LogP) is 2.24. The van der Waals surface area contributed by atoms with E-state index in [1.807, 2.05) is 25.1 Å². The van der Waals surface area contributed by atoms with E-state index in [9.17, 15) is 4.79 Å². The number of likely N-dealkylation sites (tertiary alicyclic amines) is 1. The highest BCUT2D eigenvalue weighted by Gasteiger charge is 2.20. The van der Waals surface area contributed by atoms with Crippen molar-refractivity contribution in [3.63, 3.8) is 0 Å². The van der Waals surface area contributed by atoms with Crippen molar-refractivity contribution in [1.29, 1.82) is 0 Å². The van der Waals surface area contributed by atoms with E-state index in [1.165, 1.54) is 0 Å². The van der Waals surface area contributed by atoms with E-state index in [2.05, 4.69) is 4.90 Å². The molecule has 1 heterocycles. The SMILES string of the molecule is CCOc1ccc(C(C)=O)cc1CN1CC[C@H](N)C1.Cl. The summed E-state index contributed by atoms with van der Waals surface area (Å²) >= 11 is 0. The van der Waals surface area contributed by atoms with E-state index < -0.39 is 0 Å². The Bertz CT molecular complexity index is 465. The molecule has 0 aliphatic carbocycles. The Morgan fingerprint density at radius 3 is 2.80 bits per heavy atom. The molecule has 112 valence electrons. The van der Waals surface area contributed by atoms with E-state index in [0.717, 1.165) is 42.9 Å². The molecule has 1 aliphatic rings. The van der Waals surface area contributed by atoms with Crippen LogP contribution in [0.25, 0.3) is 0 Å². The van der Waals surface area contributed by atoms with Gasteiger partial charge in [0, 0.05) is 36.8 Å². The second-order valence-electron chi connectivity index (χ2n) is 5.10. The lowest BCUT2D eigenvalue weighted by Gasteiger charge is -2.18. The van der Waals surface area contributed by atoms with Gasteiger partial charge in [-0.3, -0.25) is 9.69 Å². The van der Waals surface area contributed by atoms with Crippen molar-refractivity contribution in [2.75, 3.05) is 19.7 Å². The summed E-state index contributed by atoms with van der Waals surface area (Å²) in [6.07, 6.45) is 1.04. The molecule has 0 aromatic heterocycles. The fraction of sp³-hybridized carbons (Fsp3) is 0.533. The van der Waals surface area contributed by atoms with Gasteiger partial charge in [-0.2, -0.15) is 0 Å². The van der Waals surface area contributed by atoms with Gasteiger partial charge in [-0.25, -0.2) is 0 Å². The Kier molecular flexibility index (Phi) is 6.46. The van der Waals surface area contributed by atoms with Crippen molar-refractivity contribution in [3.8, 4) is 5.75 Å². The van der Waals surface area contributed by atoms with Crippen LogP contribution in [0.4, 0.5) is 0 Å². The van der Waals surface area contributed by atoms with Crippen LogP contribution in [0.3, 0.4) is 0 Å². The van der Waals surface area contributed by atoms with Crippen LogP contribution in [-0.2, 0) is 6.54 Å². The van der Waals surface area contributed by atoms with Gasteiger partial charge in [-0.05, 0) is 38.5 Å². The van der Waals surface area contributed by atoms with Gasteiger partial charge in [-0.15, -0.1) is 12.4 Å². The largest absolute Gasteiger partial charge is 0.494 e. The molecule has 0 amide bonds. The van der Waals surface area contributed by atoms with Crippen LogP contribution < -0.4 is 10.5 Å². The molecule has 0 bridgehead atoms. The highest BCUT2D eigenvalue weighted by Crippen LogP contribution is 2.24. The minimum absolute atomic E-state index is 0. The monoisotopic (exact) mass is 298 g/mol. The molecule has 1 saturated heterocycles. The Morgan fingerprint density at radius 1 is 1.50 bits per heavy atom. The summed E-state index contributed by atoms with van der Waals surface area (Å²) in [5, 5.41) is 0. The number of carbonyl (C=O) groups excluding carboxylic acids is 1. The number of hydrogen-bond acceptors (Lipinski definition) is 4. The van der Waals surface area contributed by atoms with Crippen molar-refractivity contribution in [1.82, 2.24) is 4.90 Å². The van der Waals surface area contributed by atoms with Crippen molar-refractivity contribution in [2.24, 2.45) is 5.73 Å². The maximum atomic E-state index is 11.5. The molecule has 1 aromatic rings. The lowest BCUT2D eigenvalue weighted by atomic mass is 10.1. The first-order chi connectivity index (χ1) is 9.10. The molecule has 1 aliphatic heterocycles. The van der Waals surface area contributed by atoms with Crippen LogP contribution in [0.15, 0.2) is 18.2 Å². The minimum atomic E-state index is 0. The molecule has 1 atom stereocenters. The lowest BCUT2D eigenvalue weighted by molar-refractivity contribution is 0.101. The number of Topliss-reactive ketones (excluding diaryl/α,β-unsaturated/α-hetero) is 1. The van der Waals surface area contributed by atoms with Crippen molar-refractivity contribution in [2.45, 2.75) is 32.9 Å². The average Bonchev–Trinajstić information content (AvgIpc) is 2.77. The normalized spacial score (nSPS) is 18.6. The van der Waals surface area contributed by atoms with E-state index in [1.54, 1.807) is 6.92 Å². The number of halogens is 1. The molecule has 0 unspecified atom stereocenters. The van der Waals surface area contributed by atoms with E-state index in [0.29, 0.717) is 6.61 Å². The Hall–Kier alpha value is -1.10. The molecule has 0 spiro atoms. The fourth-order valence-electron chi connectivity index (χ4n) is 2.47. The van der Waals surface area contributed by atoms with Crippen LogP contribution in [0.2, 0.25) is 0 Å². The fourth-order valence-corrected chi connectivity index (χ4v) is 2.47. The second kappa shape index (κ2) is 7.62. The second-order valence-corrected chi connectivity index (χ2v) is 5.10. The zero-order valence-corrected chi connectivity index (χ0v) is 12.9. The maximum absolute atomic E-state index is 11.5. The number of hydrogen-bond donors (Lipinski definition) is 1. The molecule has 2 rings (SSSR count). The maximum Gasteiger partial charge on any atom is 0.159 e. The molecule has 0 radical (unpaired) electrons. The quantitative estimate of drug-likeness (QED) is 0.847. The number of nitrogens with two attached hydrogens (primary N) is 1. The smallest absolute Gasteiger partial charge is 0.159 e. The van der Waals surface area contributed by atoms with Crippen molar-refractivity contribution in [3.05, 3.63) is 29.3 Å². The van der Waals surface area contributed by atoms with E-state index >= 15 is 0 Å². The van der Waals surface area contributed by atoms with Crippen LogP contribution in [-0.4, -0.2) is 36.4 Å². The Labute approximate surface area is 126 Å². The van der Waals surface area contributed by atoms with Gasteiger partial charge in [0.2, 0.25) is 0 Å². The Morgan fingerprint density at radius 2 is 2.25 bits per heavy atom. The first-order valence-electron chi connectivity index (χ1n) is 6.84. The zero-order chi connectivity index (χ0) is 13.8. The summed E-state index contributed by atoms with van der Waals surface area (Å²) in [4.78, 5) is 13.8. The number of ether oxygens (including phenoxy) is 1. The molecule has 0 saturated carbocycles. The summed E-state index contributed by atoms with van der Waals surface area (Å²) < 4.78 is 5.64. The van der Waals surface area contributed by atoms with Crippen LogP contribution in [0, 0.1) is 0 Å². The third kappa shape index (κ3) is 4.20. The van der Waals surface area contributed by atoms with Crippen LogP contribution in [0.1, 0.15) is 36.2 Å². The minimum Gasteiger partial charge on any atom is -0.494 e. The lowest BCUT2D eigenvalue weighted by Crippen LogP contribution is -2.26. The molecule has 1 fully saturated rings. The molecular weight excluding hydrogens is 276 g/mol. The molecule has 4 nitrogen and oxygen atoms in total. The molecule has 1 aromatic carbocycles. The van der Waals surface area contributed by atoms with Crippen molar-refractivity contribution < 1.29 is 9.53 Å². The zero-order valence-electron chi connectivity index (χ0n) is 12.1. The summed E-state index contributed by atoms with van der Waals surface area (Å²) in [6.45, 7) is 6.91. The van der Waals surface area contributed by atoms with Gasteiger partial charge in [0.05, 0.1) is 6.61 Å². The third-order valence-corrected chi connectivity index (χ3v) is 3.47. The number of benzene rings is 1. The van der Waals surface area contributed by atoms with Gasteiger partial charge in [0.1, 0.15) is 5.75 Å². The van der Waals surface area contributed by atoms with E-state index in [-0.39, 0.29) is 24.2 Å². The summed E-state index contributed by atoms with van der Waals surface area (Å²) in [7, 11) is 0. The molecule has 2 N–H and O–H groups in total. The average molecular weight is 299 g/mol. The standard InChI is InChI=1S/C15H22N2O2.ClH/c1-3-19-15-5-4-12(11(2)18)8-13(15)9-17-7-6-14(16)10-17;/h4-5,8,14H,3,6-7,9-10,16H2,1-2H3;1H/t14-;/m0./s1. The van der Waals surface area contributed by atoms with E-state index in [4.69, 9.17) is 10.5 Å². The summed E-state index contributed by atoms with van der Waals surface area (Å²) in [5.74, 6) is 0.954. The molecule has 20 heavy (non-hydrogen) atoms. The molecule has 5 heteroatoms. The van der Waals surface area contributed by atoms with Crippen molar-refractivity contribution >= 4 is 18.2 Å². The highest BCUT2D eigenvalue weighted by molar-refractivity contribution is 5.94. The van der Waals surface area contributed by atoms with Gasteiger partial charge in [-0.1, -0.05) is 0 Å². The van der Waals surface area contributed by atoms with Crippen LogP contribution in [0.5, 0.6) is 5.75 Å². The number of nitrogens with zero attached hydrogens (tertiary/aromatic N) is 1. The predicted molar refractivity (Wildman–Crippen MR) is 82.7 cm³/mol. The highest BCUT2D eigenvalue weighted by atomic mass is 35.5. The van der Waals surface area contributed by atoms with Gasteiger partial charge in [0.15, 0.2) is 5.78 Å². The first-order valence-corrected chi connectivity index (χ1v) is 6.84. The number of rotatable bonds is 5. The summed E-state index contributed by atoms with van der Waals surface area (Å²) in [5.41, 5.74) is 7.74. The van der Waals surface area contributed by atoms with Crippen LogP contribution >= 0.6 is 12.4 Å². The number of ketones is 1. The first kappa shape index (κ1) is 17.0. The van der Waals surface area contributed by atoms with Gasteiger partial charge in [0.25, 0.3) is 0 Å².